The van der Waals surface area contributed by atoms with Gasteiger partial charge >= 0.3 is 6.09 Å². The first kappa shape index (κ1) is 12.3. The molecule has 2 heterocycles. The molecule has 0 bridgehead atoms. The molecule has 3 fully saturated rings. The molecule has 0 radical (unpaired) electrons. The van der Waals surface area contributed by atoms with Crippen LogP contribution in [-0.2, 0) is 4.74 Å². The third kappa shape index (κ3) is 2.11. The smallest absolute Gasteiger partial charge is 0.410 e. The summed E-state index contributed by atoms with van der Waals surface area (Å²) < 4.78 is 5.43. The van der Waals surface area contributed by atoms with Gasteiger partial charge in [-0.1, -0.05) is 19.3 Å². The SMILES string of the molecule is O=C1OCC2(CCCNCC2)N1C1CCCCC1. The predicted octanol–water partition coefficient (Wildman–Crippen LogP) is 2.28. The summed E-state index contributed by atoms with van der Waals surface area (Å²) in [6.45, 7) is 2.71. The molecule has 1 atom stereocenters. The molecule has 3 aliphatic rings. The Balaban J connectivity index is 1.80. The van der Waals surface area contributed by atoms with Gasteiger partial charge in [0.2, 0.25) is 0 Å². The molecule has 3 rings (SSSR count). The Hall–Kier alpha value is -0.770. The number of carbonyl (C=O) groups excluding carboxylic acids is 1. The highest BCUT2D eigenvalue weighted by Gasteiger charge is 2.49. The van der Waals surface area contributed by atoms with E-state index in [1.165, 1.54) is 32.1 Å². The van der Waals surface area contributed by atoms with Crippen LogP contribution in [0, 0.1) is 0 Å². The fourth-order valence-electron chi connectivity index (χ4n) is 3.90. The van der Waals surface area contributed by atoms with E-state index in [1.807, 2.05) is 0 Å². The van der Waals surface area contributed by atoms with Gasteiger partial charge in [0.05, 0.1) is 5.54 Å². The lowest BCUT2D eigenvalue weighted by Crippen LogP contribution is -2.53. The van der Waals surface area contributed by atoms with Gasteiger partial charge in [0.25, 0.3) is 0 Å². The van der Waals surface area contributed by atoms with Gasteiger partial charge in [0.1, 0.15) is 6.61 Å². The second-order valence-corrected chi connectivity index (χ2v) is 6.04. The van der Waals surface area contributed by atoms with E-state index in [0.29, 0.717) is 12.6 Å². The van der Waals surface area contributed by atoms with Crippen molar-refractivity contribution in [3.63, 3.8) is 0 Å². The predicted molar refractivity (Wildman–Crippen MR) is 69.5 cm³/mol. The van der Waals surface area contributed by atoms with E-state index in [9.17, 15) is 4.79 Å². The Morgan fingerprint density at radius 3 is 2.78 bits per heavy atom. The standard InChI is InChI=1S/C14H24N2O2/c17-13-16(12-5-2-1-3-6-12)14(11-18-13)7-4-9-15-10-8-14/h12,15H,1-11H2. The number of hydrogen-bond acceptors (Lipinski definition) is 3. The lowest BCUT2D eigenvalue weighted by Gasteiger charge is -2.41. The number of carbonyl (C=O) groups is 1. The molecule has 2 aliphatic heterocycles. The van der Waals surface area contributed by atoms with Crippen molar-refractivity contribution in [1.29, 1.82) is 0 Å². The average Bonchev–Trinajstić information content (AvgIpc) is 2.58. The van der Waals surface area contributed by atoms with Gasteiger partial charge in [-0.15, -0.1) is 0 Å². The molecule has 0 aromatic rings. The first-order valence-electron chi connectivity index (χ1n) is 7.49. The van der Waals surface area contributed by atoms with E-state index in [-0.39, 0.29) is 11.6 Å². The molecular formula is C14H24N2O2. The molecule has 1 amide bonds. The van der Waals surface area contributed by atoms with Crippen LogP contribution in [0.4, 0.5) is 4.79 Å². The second-order valence-electron chi connectivity index (χ2n) is 6.04. The van der Waals surface area contributed by atoms with E-state index in [4.69, 9.17) is 4.74 Å². The summed E-state index contributed by atoms with van der Waals surface area (Å²) in [4.78, 5) is 14.3. The second kappa shape index (κ2) is 5.08. The van der Waals surface area contributed by atoms with Crippen molar-refractivity contribution in [2.45, 2.75) is 62.9 Å². The first-order chi connectivity index (χ1) is 8.82. The van der Waals surface area contributed by atoms with Gasteiger partial charge in [0, 0.05) is 6.04 Å². The summed E-state index contributed by atoms with van der Waals surface area (Å²) >= 11 is 0. The molecular weight excluding hydrogens is 228 g/mol. The zero-order valence-corrected chi connectivity index (χ0v) is 11.1. The molecule has 2 saturated heterocycles. The van der Waals surface area contributed by atoms with Gasteiger partial charge in [-0.25, -0.2) is 4.79 Å². The lowest BCUT2D eigenvalue weighted by atomic mass is 9.85. The molecule has 1 aliphatic carbocycles. The minimum Gasteiger partial charge on any atom is -0.447 e. The van der Waals surface area contributed by atoms with Crippen LogP contribution in [0.2, 0.25) is 0 Å². The highest BCUT2D eigenvalue weighted by atomic mass is 16.6. The fraction of sp³-hybridized carbons (Fsp3) is 0.929. The summed E-state index contributed by atoms with van der Waals surface area (Å²) in [6, 6.07) is 0.437. The highest BCUT2D eigenvalue weighted by Crippen LogP contribution is 2.38. The maximum absolute atomic E-state index is 12.1. The minimum absolute atomic E-state index is 0.00257. The number of cyclic esters (lactones) is 1. The topological polar surface area (TPSA) is 41.6 Å². The van der Waals surface area contributed by atoms with Gasteiger partial charge in [-0.3, -0.25) is 4.90 Å². The van der Waals surface area contributed by atoms with Crippen LogP contribution in [0.25, 0.3) is 0 Å². The van der Waals surface area contributed by atoms with Crippen LogP contribution in [0.1, 0.15) is 51.4 Å². The van der Waals surface area contributed by atoms with Crippen molar-refractivity contribution in [3.05, 3.63) is 0 Å². The third-order valence-corrected chi connectivity index (χ3v) is 4.87. The number of nitrogens with one attached hydrogen (secondary N) is 1. The molecule has 1 saturated carbocycles. The van der Waals surface area contributed by atoms with Crippen LogP contribution in [0.3, 0.4) is 0 Å². The van der Waals surface area contributed by atoms with E-state index in [2.05, 4.69) is 10.2 Å². The Morgan fingerprint density at radius 2 is 1.94 bits per heavy atom. The van der Waals surface area contributed by atoms with Gasteiger partial charge in [0.15, 0.2) is 0 Å². The maximum atomic E-state index is 12.1. The Labute approximate surface area is 109 Å². The summed E-state index contributed by atoms with van der Waals surface area (Å²) in [7, 11) is 0. The van der Waals surface area contributed by atoms with Crippen molar-refractivity contribution in [2.75, 3.05) is 19.7 Å². The average molecular weight is 252 g/mol. The van der Waals surface area contributed by atoms with Gasteiger partial charge in [-0.2, -0.15) is 0 Å². The molecule has 4 nitrogen and oxygen atoms in total. The highest BCUT2D eigenvalue weighted by molar-refractivity contribution is 5.71. The van der Waals surface area contributed by atoms with Crippen molar-refractivity contribution >= 4 is 6.09 Å². The summed E-state index contributed by atoms with van der Waals surface area (Å²) in [5.41, 5.74) is 0.00257. The Kier molecular flexibility index (Phi) is 3.46. The van der Waals surface area contributed by atoms with Crippen molar-refractivity contribution in [1.82, 2.24) is 10.2 Å². The monoisotopic (exact) mass is 252 g/mol. The van der Waals surface area contributed by atoms with Gasteiger partial charge < -0.3 is 10.1 Å². The molecule has 0 aromatic heterocycles. The summed E-state index contributed by atoms with van der Waals surface area (Å²) in [6.07, 6.45) is 9.45. The number of nitrogens with zero attached hydrogens (tertiary/aromatic N) is 1. The molecule has 4 heteroatoms. The summed E-state index contributed by atoms with van der Waals surface area (Å²) in [5.74, 6) is 0. The van der Waals surface area contributed by atoms with E-state index < -0.39 is 0 Å². The molecule has 1 spiro atoms. The maximum Gasteiger partial charge on any atom is 0.410 e. The number of hydrogen-bond donors (Lipinski definition) is 1. The van der Waals surface area contributed by atoms with Crippen LogP contribution in [0.5, 0.6) is 0 Å². The van der Waals surface area contributed by atoms with Crippen molar-refractivity contribution < 1.29 is 9.53 Å². The Morgan fingerprint density at radius 1 is 1.11 bits per heavy atom. The van der Waals surface area contributed by atoms with Gasteiger partial charge in [-0.05, 0) is 45.2 Å². The largest absolute Gasteiger partial charge is 0.447 e. The number of rotatable bonds is 1. The van der Waals surface area contributed by atoms with Crippen molar-refractivity contribution in [2.24, 2.45) is 0 Å². The van der Waals surface area contributed by atoms with Crippen LogP contribution in [-0.4, -0.2) is 42.3 Å². The van der Waals surface area contributed by atoms with Crippen LogP contribution >= 0.6 is 0 Å². The zero-order chi connectivity index (χ0) is 12.4. The first-order valence-corrected chi connectivity index (χ1v) is 7.49. The molecule has 102 valence electrons. The van der Waals surface area contributed by atoms with E-state index in [1.54, 1.807) is 0 Å². The molecule has 1 N–H and O–H groups in total. The fourth-order valence-corrected chi connectivity index (χ4v) is 3.90. The van der Waals surface area contributed by atoms with Crippen molar-refractivity contribution in [3.8, 4) is 0 Å². The summed E-state index contributed by atoms with van der Waals surface area (Å²) in [5, 5.41) is 3.44. The quantitative estimate of drug-likeness (QED) is 0.778. The zero-order valence-electron chi connectivity index (χ0n) is 11.1. The molecule has 18 heavy (non-hydrogen) atoms. The number of ether oxygens (including phenoxy) is 1. The van der Waals surface area contributed by atoms with E-state index >= 15 is 0 Å². The number of amides is 1. The van der Waals surface area contributed by atoms with E-state index in [0.717, 1.165) is 32.4 Å². The van der Waals surface area contributed by atoms with Crippen LogP contribution < -0.4 is 5.32 Å². The molecule has 0 aromatic carbocycles. The normalized spacial score (nSPS) is 34.7. The third-order valence-electron chi connectivity index (χ3n) is 4.87. The Bertz CT molecular complexity index is 305. The van der Waals surface area contributed by atoms with Crippen LogP contribution in [0.15, 0.2) is 0 Å². The molecule has 1 unspecified atom stereocenters. The lowest BCUT2D eigenvalue weighted by molar-refractivity contribution is 0.0862. The minimum atomic E-state index is -0.0520.